The second kappa shape index (κ2) is 6.72. The van der Waals surface area contributed by atoms with E-state index in [2.05, 4.69) is 21.2 Å². The number of halogens is 2. The Hall–Kier alpha value is -1.88. The van der Waals surface area contributed by atoms with Crippen LogP contribution >= 0.6 is 15.9 Å². The highest BCUT2D eigenvalue weighted by molar-refractivity contribution is 9.10. The van der Waals surface area contributed by atoms with Crippen molar-refractivity contribution >= 4 is 21.8 Å². The maximum Gasteiger partial charge on any atom is 0.254 e. The lowest BCUT2D eigenvalue weighted by Crippen LogP contribution is -2.27. The molecule has 0 aliphatic heterocycles. The molecule has 0 heterocycles. The molecule has 1 unspecified atom stereocenters. The predicted octanol–water partition coefficient (Wildman–Crippen LogP) is 4.09. The molecule has 0 fully saturated rings. The third-order valence-corrected chi connectivity index (χ3v) is 3.63. The van der Waals surface area contributed by atoms with Crippen LogP contribution in [0.3, 0.4) is 0 Å². The molecule has 0 aromatic heterocycles. The Morgan fingerprint density at radius 1 is 1.24 bits per heavy atom. The minimum atomic E-state index is -0.544. The molecule has 1 atom stereocenters. The fourth-order valence-corrected chi connectivity index (χ4v) is 2.28. The van der Waals surface area contributed by atoms with Crippen molar-refractivity contribution in [3.05, 3.63) is 63.9 Å². The van der Waals surface area contributed by atoms with Gasteiger partial charge in [-0.05, 0) is 42.8 Å². The van der Waals surface area contributed by atoms with Crippen molar-refractivity contribution in [2.45, 2.75) is 13.0 Å². The maximum absolute atomic E-state index is 13.7. The first kappa shape index (κ1) is 15.5. The van der Waals surface area contributed by atoms with Crippen molar-refractivity contribution < 1.29 is 13.9 Å². The summed E-state index contributed by atoms with van der Waals surface area (Å²) in [5, 5.41) is 2.78. The van der Waals surface area contributed by atoms with E-state index in [1.54, 1.807) is 13.2 Å². The van der Waals surface area contributed by atoms with Gasteiger partial charge in [0.15, 0.2) is 0 Å². The van der Waals surface area contributed by atoms with Gasteiger partial charge in [0.2, 0.25) is 0 Å². The number of carbonyl (C=O) groups is 1. The van der Waals surface area contributed by atoms with Gasteiger partial charge < -0.3 is 10.1 Å². The van der Waals surface area contributed by atoms with Gasteiger partial charge in [-0.15, -0.1) is 0 Å². The molecule has 3 nitrogen and oxygen atoms in total. The van der Waals surface area contributed by atoms with Crippen LogP contribution in [0.2, 0.25) is 0 Å². The summed E-state index contributed by atoms with van der Waals surface area (Å²) in [6.07, 6.45) is 0. The fraction of sp³-hybridized carbons (Fsp3) is 0.188. The molecule has 0 saturated carbocycles. The zero-order valence-electron chi connectivity index (χ0n) is 11.7. The molecule has 1 amide bonds. The molecule has 2 aromatic carbocycles. The molecule has 2 aromatic rings. The van der Waals surface area contributed by atoms with E-state index in [9.17, 15) is 9.18 Å². The lowest BCUT2D eigenvalue weighted by molar-refractivity contribution is 0.0935. The molecular formula is C16H15BrFNO2. The number of nitrogens with one attached hydrogen (secondary N) is 1. The molecule has 0 aliphatic rings. The van der Waals surface area contributed by atoms with Crippen LogP contribution in [-0.2, 0) is 0 Å². The molecule has 0 spiro atoms. The van der Waals surface area contributed by atoms with Crippen LogP contribution < -0.4 is 10.1 Å². The number of hydrogen-bond donors (Lipinski definition) is 1. The topological polar surface area (TPSA) is 38.3 Å². The van der Waals surface area contributed by atoms with Crippen molar-refractivity contribution in [1.29, 1.82) is 0 Å². The summed E-state index contributed by atoms with van der Waals surface area (Å²) < 4.78 is 19.4. The third kappa shape index (κ3) is 3.82. The number of ether oxygens (including phenoxy) is 1. The van der Waals surface area contributed by atoms with Gasteiger partial charge in [0.25, 0.3) is 5.91 Å². The molecular weight excluding hydrogens is 337 g/mol. The van der Waals surface area contributed by atoms with Gasteiger partial charge in [0.05, 0.1) is 18.7 Å². The predicted molar refractivity (Wildman–Crippen MR) is 83.0 cm³/mol. The van der Waals surface area contributed by atoms with E-state index in [0.717, 1.165) is 11.3 Å². The molecule has 0 bridgehead atoms. The van der Waals surface area contributed by atoms with Crippen molar-refractivity contribution in [2.24, 2.45) is 0 Å². The smallest absolute Gasteiger partial charge is 0.254 e. The molecule has 0 radical (unpaired) electrons. The van der Waals surface area contributed by atoms with Crippen molar-refractivity contribution in [3.8, 4) is 5.75 Å². The standard InChI is InChI=1S/C16H15BrFNO2/c1-10(11-3-6-13(21-2)7-4-11)19-16(20)14-9-12(17)5-8-15(14)18/h3-10H,1-2H3,(H,19,20). The van der Waals surface area contributed by atoms with Gasteiger partial charge in [-0.1, -0.05) is 28.1 Å². The SMILES string of the molecule is COc1ccc(C(C)NC(=O)c2cc(Br)ccc2F)cc1. The first-order valence-electron chi connectivity index (χ1n) is 6.41. The maximum atomic E-state index is 13.7. The van der Waals surface area contributed by atoms with E-state index in [1.807, 2.05) is 31.2 Å². The number of benzene rings is 2. The van der Waals surface area contributed by atoms with E-state index in [1.165, 1.54) is 12.1 Å². The molecule has 110 valence electrons. The Morgan fingerprint density at radius 3 is 2.52 bits per heavy atom. The molecule has 0 saturated heterocycles. The highest BCUT2D eigenvalue weighted by Crippen LogP contribution is 2.19. The van der Waals surface area contributed by atoms with Crippen LogP contribution in [0.5, 0.6) is 5.75 Å². The largest absolute Gasteiger partial charge is 0.497 e. The first-order valence-corrected chi connectivity index (χ1v) is 7.20. The normalized spacial score (nSPS) is 11.8. The summed E-state index contributed by atoms with van der Waals surface area (Å²) in [5.41, 5.74) is 0.935. The van der Waals surface area contributed by atoms with Crippen LogP contribution in [0.25, 0.3) is 0 Å². The average molecular weight is 352 g/mol. The van der Waals surface area contributed by atoms with E-state index in [0.29, 0.717) is 4.47 Å². The van der Waals surface area contributed by atoms with Crippen LogP contribution in [0.15, 0.2) is 46.9 Å². The molecule has 2 rings (SSSR count). The minimum absolute atomic E-state index is 0.0183. The Balaban J connectivity index is 2.12. The van der Waals surface area contributed by atoms with Crippen molar-refractivity contribution in [2.75, 3.05) is 7.11 Å². The summed E-state index contributed by atoms with van der Waals surface area (Å²) in [5.74, 6) is -0.245. The summed E-state index contributed by atoms with van der Waals surface area (Å²) in [6, 6.07) is 11.4. The highest BCUT2D eigenvalue weighted by Gasteiger charge is 2.15. The van der Waals surface area contributed by atoms with E-state index in [4.69, 9.17) is 4.74 Å². The highest BCUT2D eigenvalue weighted by atomic mass is 79.9. The van der Waals surface area contributed by atoms with Crippen LogP contribution in [-0.4, -0.2) is 13.0 Å². The Kier molecular flexibility index (Phi) is 4.96. The van der Waals surface area contributed by atoms with E-state index in [-0.39, 0.29) is 11.6 Å². The van der Waals surface area contributed by atoms with Crippen LogP contribution in [0.1, 0.15) is 28.9 Å². The van der Waals surface area contributed by atoms with Crippen molar-refractivity contribution in [3.63, 3.8) is 0 Å². The number of carbonyl (C=O) groups excluding carboxylic acids is 1. The van der Waals surface area contributed by atoms with Gasteiger partial charge in [-0.3, -0.25) is 4.79 Å². The molecule has 0 aliphatic carbocycles. The molecule has 5 heteroatoms. The minimum Gasteiger partial charge on any atom is -0.497 e. The van der Waals surface area contributed by atoms with Gasteiger partial charge in [-0.2, -0.15) is 0 Å². The lowest BCUT2D eigenvalue weighted by Gasteiger charge is -2.15. The fourth-order valence-electron chi connectivity index (χ4n) is 1.92. The zero-order valence-corrected chi connectivity index (χ0v) is 13.3. The first-order chi connectivity index (χ1) is 10.0. The molecule has 1 N–H and O–H groups in total. The van der Waals surface area contributed by atoms with Gasteiger partial charge >= 0.3 is 0 Å². The molecule has 21 heavy (non-hydrogen) atoms. The van der Waals surface area contributed by atoms with Gasteiger partial charge in [0.1, 0.15) is 11.6 Å². The van der Waals surface area contributed by atoms with Gasteiger partial charge in [-0.25, -0.2) is 4.39 Å². The zero-order chi connectivity index (χ0) is 15.4. The van der Waals surface area contributed by atoms with Gasteiger partial charge in [0, 0.05) is 4.47 Å². The Morgan fingerprint density at radius 2 is 1.90 bits per heavy atom. The monoisotopic (exact) mass is 351 g/mol. The summed E-state index contributed by atoms with van der Waals surface area (Å²) >= 11 is 3.23. The third-order valence-electron chi connectivity index (χ3n) is 3.14. The van der Waals surface area contributed by atoms with Crippen LogP contribution in [0.4, 0.5) is 4.39 Å². The number of methoxy groups -OCH3 is 1. The van der Waals surface area contributed by atoms with Crippen LogP contribution in [0, 0.1) is 5.82 Å². The second-order valence-corrected chi connectivity index (χ2v) is 5.51. The second-order valence-electron chi connectivity index (χ2n) is 4.59. The van der Waals surface area contributed by atoms with E-state index < -0.39 is 11.7 Å². The van der Waals surface area contributed by atoms with E-state index >= 15 is 0 Å². The quantitative estimate of drug-likeness (QED) is 0.900. The number of amides is 1. The summed E-state index contributed by atoms with van der Waals surface area (Å²) in [7, 11) is 1.59. The van der Waals surface area contributed by atoms with Crippen molar-refractivity contribution in [1.82, 2.24) is 5.32 Å². The Bertz CT molecular complexity index is 643. The summed E-state index contributed by atoms with van der Waals surface area (Å²) in [4.78, 5) is 12.1. The lowest BCUT2D eigenvalue weighted by atomic mass is 10.1. The number of rotatable bonds is 4. The Labute approximate surface area is 131 Å². The summed E-state index contributed by atoms with van der Waals surface area (Å²) in [6.45, 7) is 1.84. The number of hydrogen-bond acceptors (Lipinski definition) is 2. The average Bonchev–Trinajstić information content (AvgIpc) is 2.49.